The molecule has 0 spiro atoms. The Labute approximate surface area is 262 Å². The van der Waals surface area contributed by atoms with Gasteiger partial charge in [-0.2, -0.15) is 0 Å². The average molecular weight is 637 g/mol. The number of amides is 2. The Morgan fingerprint density at radius 2 is 1.75 bits per heavy atom. The molecule has 2 aromatic carbocycles. The van der Waals surface area contributed by atoms with Crippen molar-refractivity contribution in [2.24, 2.45) is 5.41 Å². The molecule has 5 rings (SSSR count). The first-order chi connectivity index (χ1) is 20.9. The molecule has 44 heavy (non-hydrogen) atoms. The molecule has 1 aliphatic rings. The first kappa shape index (κ1) is 31.4. The number of halogens is 1. The fraction of sp³-hybridized carbons (Fsp3) is 0.312. The molecule has 2 aromatic heterocycles. The molecule has 6 N–H and O–H groups in total. The van der Waals surface area contributed by atoms with E-state index in [-0.39, 0.29) is 45.6 Å². The minimum Gasteiger partial charge on any atom is -0.477 e. The van der Waals surface area contributed by atoms with Gasteiger partial charge < -0.3 is 25.8 Å². The second-order valence-electron chi connectivity index (χ2n) is 11.7. The Balaban J connectivity index is 1.28. The average Bonchev–Trinajstić information content (AvgIpc) is 3.32. The quantitative estimate of drug-likeness (QED) is 0.128. The molecule has 0 bridgehead atoms. The van der Waals surface area contributed by atoms with E-state index in [1.807, 2.05) is 0 Å². The van der Waals surface area contributed by atoms with Gasteiger partial charge in [-0.25, -0.2) is 4.79 Å². The molecule has 2 amide bonds. The van der Waals surface area contributed by atoms with Crippen LogP contribution in [0.4, 0.5) is 0 Å². The Morgan fingerprint density at radius 1 is 1.05 bits per heavy atom. The van der Waals surface area contributed by atoms with E-state index in [4.69, 9.17) is 11.6 Å². The summed E-state index contributed by atoms with van der Waals surface area (Å²) in [5, 5.41) is 30.6. The maximum absolute atomic E-state index is 13.1. The second-order valence-corrected chi connectivity index (χ2v) is 13.2. The van der Waals surface area contributed by atoms with Gasteiger partial charge in [-0.15, -0.1) is 11.3 Å². The lowest BCUT2D eigenvalue weighted by atomic mass is 10.0. The van der Waals surface area contributed by atoms with Gasteiger partial charge in [-0.05, 0) is 78.3 Å². The van der Waals surface area contributed by atoms with Crippen molar-refractivity contribution in [1.82, 2.24) is 20.9 Å². The number of nitrogens with one attached hydrogen (secondary N) is 4. The number of aromatic nitrogens is 1. The zero-order valence-electron chi connectivity index (χ0n) is 24.1. The topological polar surface area (TPSA) is 161 Å². The lowest BCUT2D eigenvalue weighted by Gasteiger charge is -2.25. The number of aromatic amines is 1. The van der Waals surface area contributed by atoms with E-state index in [9.17, 15) is 29.4 Å². The number of aromatic carboxylic acids is 1. The molecule has 0 unspecified atom stereocenters. The fourth-order valence-corrected chi connectivity index (χ4v) is 5.98. The van der Waals surface area contributed by atoms with Crippen LogP contribution in [0.1, 0.15) is 61.1 Å². The van der Waals surface area contributed by atoms with Crippen LogP contribution < -0.4 is 21.5 Å². The third-order valence-corrected chi connectivity index (χ3v) is 9.17. The fourth-order valence-electron chi connectivity index (χ4n) is 5.06. The minimum atomic E-state index is -1.20. The van der Waals surface area contributed by atoms with Crippen molar-refractivity contribution in [3.05, 3.63) is 102 Å². The van der Waals surface area contributed by atoms with E-state index in [0.717, 1.165) is 34.3 Å². The van der Waals surface area contributed by atoms with Gasteiger partial charge in [0.15, 0.2) is 0 Å². The van der Waals surface area contributed by atoms with Crippen LogP contribution in [-0.4, -0.2) is 57.8 Å². The minimum absolute atomic E-state index is 0.0269. The number of aliphatic hydroxyl groups excluding tert-OH is 1. The number of aliphatic hydroxyl groups is 1. The highest BCUT2D eigenvalue weighted by Gasteiger charge is 2.46. The molecule has 230 valence electrons. The number of carboxylic acid groups (broad SMARTS) is 1. The lowest BCUT2D eigenvalue weighted by molar-refractivity contribution is 0.0701. The van der Waals surface area contributed by atoms with E-state index in [2.05, 4.69) is 34.8 Å². The van der Waals surface area contributed by atoms with Crippen molar-refractivity contribution in [1.29, 1.82) is 0 Å². The summed E-state index contributed by atoms with van der Waals surface area (Å²) in [6.45, 7) is 4.48. The monoisotopic (exact) mass is 636 g/mol. The Bertz CT molecular complexity index is 1770. The number of pyridine rings is 1. The zero-order valence-corrected chi connectivity index (χ0v) is 25.7. The van der Waals surface area contributed by atoms with Crippen molar-refractivity contribution in [2.45, 2.75) is 51.4 Å². The Morgan fingerprint density at radius 3 is 2.41 bits per heavy atom. The third-order valence-electron chi connectivity index (χ3n) is 7.87. The maximum Gasteiger partial charge on any atom is 0.345 e. The van der Waals surface area contributed by atoms with Gasteiger partial charge in [0.1, 0.15) is 11.1 Å². The molecule has 1 fully saturated rings. The van der Waals surface area contributed by atoms with Gasteiger partial charge >= 0.3 is 5.97 Å². The molecule has 4 aromatic rings. The van der Waals surface area contributed by atoms with E-state index >= 15 is 0 Å². The number of H-pyrrole nitrogens is 1. The lowest BCUT2D eigenvalue weighted by Crippen LogP contribution is -2.51. The molecule has 1 saturated carbocycles. The first-order valence-electron chi connectivity index (χ1n) is 14.2. The number of benzene rings is 2. The van der Waals surface area contributed by atoms with Crippen molar-refractivity contribution >= 4 is 51.6 Å². The molecular weight excluding hydrogens is 604 g/mol. The second kappa shape index (κ2) is 12.9. The number of thiophene rings is 1. The van der Waals surface area contributed by atoms with Gasteiger partial charge in [0, 0.05) is 40.1 Å². The molecule has 2 heterocycles. The highest BCUT2D eigenvalue weighted by atomic mass is 35.5. The van der Waals surface area contributed by atoms with Crippen LogP contribution in [0.2, 0.25) is 5.02 Å². The number of fused-ring (bicyclic) bond motifs is 1. The van der Waals surface area contributed by atoms with Crippen LogP contribution in [0.5, 0.6) is 0 Å². The highest BCUT2D eigenvalue weighted by Crippen LogP contribution is 2.44. The summed E-state index contributed by atoms with van der Waals surface area (Å²) >= 11 is 7.01. The summed E-state index contributed by atoms with van der Waals surface area (Å²) in [6, 6.07) is 15.8. The number of carbonyl (C=O) groups is 3. The number of carboxylic acids is 1. The maximum atomic E-state index is 13.1. The summed E-state index contributed by atoms with van der Waals surface area (Å²) in [5.41, 5.74) is 2.53. The van der Waals surface area contributed by atoms with Crippen LogP contribution in [0.25, 0.3) is 10.9 Å². The van der Waals surface area contributed by atoms with Gasteiger partial charge in [-0.3, -0.25) is 19.7 Å². The van der Waals surface area contributed by atoms with Gasteiger partial charge in [0.05, 0.1) is 10.9 Å². The molecule has 0 radical (unpaired) electrons. The molecule has 0 saturated heterocycles. The normalized spacial score (nSPS) is 16.7. The van der Waals surface area contributed by atoms with Gasteiger partial charge in [0.2, 0.25) is 5.56 Å². The van der Waals surface area contributed by atoms with Crippen LogP contribution in [0.15, 0.2) is 65.5 Å². The first-order valence-corrected chi connectivity index (χ1v) is 15.4. The van der Waals surface area contributed by atoms with E-state index in [1.165, 1.54) is 18.2 Å². The van der Waals surface area contributed by atoms with Crippen molar-refractivity contribution < 1.29 is 24.6 Å². The molecule has 0 aliphatic heterocycles. The standard InChI is InChI=1S/C32H33ClN4O6S/c1-32(2)16-26(32)37-28(39)18-5-3-17(4-6-18)13-23(36-30(41)24-9-10-25(44-24)31(42)43)29(40)34-12-11-19-14-27(38)35-22-8-7-20(33)15-21(19)22/h3-10,14-15,23,26,29,34,40H,11-13,16H2,1-2H3,(H,35,38)(H,36,41)(H,37,39)(H,42,43)/t23-,26-,29-/m0/s1. The van der Waals surface area contributed by atoms with Crippen molar-refractivity contribution in [3.63, 3.8) is 0 Å². The smallest absolute Gasteiger partial charge is 0.345 e. The van der Waals surface area contributed by atoms with Crippen molar-refractivity contribution in [3.8, 4) is 0 Å². The predicted octanol–water partition coefficient (Wildman–Crippen LogP) is 3.96. The summed E-state index contributed by atoms with van der Waals surface area (Å²) in [4.78, 5) is 52.2. The number of hydrogen-bond donors (Lipinski definition) is 6. The number of rotatable bonds is 12. The van der Waals surface area contributed by atoms with Crippen LogP contribution in [0.3, 0.4) is 0 Å². The van der Waals surface area contributed by atoms with Crippen molar-refractivity contribution in [2.75, 3.05) is 6.54 Å². The summed E-state index contributed by atoms with van der Waals surface area (Å²) in [6.07, 6.45) is 0.353. The summed E-state index contributed by atoms with van der Waals surface area (Å²) in [7, 11) is 0. The molecule has 3 atom stereocenters. The van der Waals surface area contributed by atoms with E-state index in [0.29, 0.717) is 22.5 Å². The van der Waals surface area contributed by atoms with Crippen LogP contribution in [0, 0.1) is 5.41 Å². The van der Waals surface area contributed by atoms with Crippen LogP contribution >= 0.6 is 22.9 Å². The number of carbonyl (C=O) groups excluding carboxylic acids is 2. The predicted molar refractivity (Wildman–Crippen MR) is 170 cm³/mol. The molecule has 10 nitrogen and oxygen atoms in total. The van der Waals surface area contributed by atoms with E-state index < -0.39 is 24.1 Å². The number of hydrogen-bond acceptors (Lipinski definition) is 7. The van der Waals surface area contributed by atoms with Crippen LogP contribution in [-0.2, 0) is 12.8 Å². The van der Waals surface area contributed by atoms with Gasteiger partial charge in [-0.1, -0.05) is 37.6 Å². The van der Waals surface area contributed by atoms with E-state index in [1.54, 1.807) is 42.5 Å². The SMILES string of the molecule is CC1(C)C[C@@H]1NC(=O)c1ccc(C[C@H](NC(=O)c2ccc(C(=O)O)s2)[C@H](O)NCCc2cc(=O)[nH]c3ccc(Cl)cc23)cc1. The third kappa shape index (κ3) is 7.54. The zero-order chi connectivity index (χ0) is 31.6. The highest BCUT2D eigenvalue weighted by molar-refractivity contribution is 7.15. The summed E-state index contributed by atoms with van der Waals surface area (Å²) < 4.78 is 0. The summed E-state index contributed by atoms with van der Waals surface area (Å²) in [5.74, 6) is -1.80. The Kier molecular flexibility index (Phi) is 9.21. The Hall–Kier alpha value is -4.03. The molecule has 12 heteroatoms. The molecular formula is C32H33ClN4O6S. The molecule has 1 aliphatic carbocycles. The van der Waals surface area contributed by atoms with Gasteiger partial charge in [0.25, 0.3) is 11.8 Å². The largest absolute Gasteiger partial charge is 0.477 e.